The Bertz CT molecular complexity index is 1750. The SMILES string of the molecule is O=C(Nc1ccc(Br)cc1-c1noc(=O)[nH]1)c1cc2cccc(N3C(=O)c4ccccc4C3=O)c2[nH]1. The van der Waals surface area contributed by atoms with E-state index in [-0.39, 0.29) is 11.5 Å². The van der Waals surface area contributed by atoms with Crippen LogP contribution in [-0.4, -0.2) is 32.8 Å². The number of rotatable bonds is 4. The van der Waals surface area contributed by atoms with Gasteiger partial charge in [-0.25, -0.2) is 9.69 Å². The number of benzene rings is 3. The van der Waals surface area contributed by atoms with Gasteiger partial charge in [-0.05, 0) is 42.5 Å². The maximum absolute atomic E-state index is 13.2. The molecule has 1 aliphatic rings. The molecular weight excluding hydrogens is 530 g/mol. The van der Waals surface area contributed by atoms with Crippen molar-refractivity contribution in [1.82, 2.24) is 15.1 Å². The van der Waals surface area contributed by atoms with E-state index < -0.39 is 23.5 Å². The highest BCUT2D eigenvalue weighted by atomic mass is 79.9. The topological polar surface area (TPSA) is 141 Å². The number of hydrogen-bond donors (Lipinski definition) is 3. The molecule has 0 radical (unpaired) electrons. The van der Waals surface area contributed by atoms with Crippen molar-refractivity contribution in [2.45, 2.75) is 0 Å². The Labute approximate surface area is 210 Å². The van der Waals surface area contributed by atoms with Gasteiger partial charge in [0.05, 0.1) is 28.0 Å². The number of hydrogen-bond acceptors (Lipinski definition) is 6. The first-order valence-corrected chi connectivity index (χ1v) is 11.5. The van der Waals surface area contributed by atoms with Gasteiger partial charge in [-0.1, -0.05) is 45.4 Å². The fourth-order valence-electron chi connectivity index (χ4n) is 4.21. The molecule has 11 heteroatoms. The molecule has 176 valence electrons. The van der Waals surface area contributed by atoms with Crippen molar-refractivity contribution >= 4 is 55.9 Å². The van der Waals surface area contributed by atoms with Crippen LogP contribution in [0.5, 0.6) is 0 Å². The summed E-state index contributed by atoms with van der Waals surface area (Å²) in [5.41, 5.74) is 2.50. The number of para-hydroxylation sites is 1. The molecular formula is C25H14BrN5O5. The Balaban J connectivity index is 1.36. The number of amides is 3. The molecule has 36 heavy (non-hydrogen) atoms. The molecule has 3 heterocycles. The molecule has 0 saturated heterocycles. The summed E-state index contributed by atoms with van der Waals surface area (Å²) in [5, 5.41) is 7.14. The Morgan fingerprint density at radius 1 is 0.889 bits per heavy atom. The van der Waals surface area contributed by atoms with Gasteiger partial charge in [0.15, 0.2) is 5.82 Å². The van der Waals surface area contributed by atoms with Crippen molar-refractivity contribution in [2.75, 3.05) is 10.2 Å². The molecule has 0 atom stereocenters. The summed E-state index contributed by atoms with van der Waals surface area (Å²) in [7, 11) is 0. The molecule has 10 nitrogen and oxygen atoms in total. The second kappa shape index (κ2) is 8.17. The first kappa shape index (κ1) is 21.7. The minimum atomic E-state index is -0.724. The predicted molar refractivity (Wildman–Crippen MR) is 134 cm³/mol. The van der Waals surface area contributed by atoms with Crippen molar-refractivity contribution in [1.29, 1.82) is 0 Å². The Hall–Kier alpha value is -4.77. The number of imide groups is 1. The van der Waals surface area contributed by atoms with Crippen molar-refractivity contribution in [2.24, 2.45) is 0 Å². The number of nitrogens with zero attached hydrogens (tertiary/aromatic N) is 2. The molecule has 5 aromatic rings. The molecule has 1 aliphatic heterocycles. The molecule has 0 spiro atoms. The van der Waals surface area contributed by atoms with E-state index in [1.807, 2.05) is 0 Å². The van der Waals surface area contributed by atoms with Crippen LogP contribution in [-0.2, 0) is 0 Å². The van der Waals surface area contributed by atoms with E-state index >= 15 is 0 Å². The lowest BCUT2D eigenvalue weighted by Crippen LogP contribution is -2.29. The minimum absolute atomic E-state index is 0.154. The van der Waals surface area contributed by atoms with Crippen molar-refractivity contribution in [3.8, 4) is 11.4 Å². The van der Waals surface area contributed by atoms with Crippen molar-refractivity contribution in [3.63, 3.8) is 0 Å². The highest BCUT2D eigenvalue weighted by Gasteiger charge is 2.37. The van der Waals surface area contributed by atoms with E-state index in [0.717, 1.165) is 4.90 Å². The van der Waals surface area contributed by atoms with Crippen molar-refractivity contribution in [3.05, 3.63) is 98.6 Å². The summed E-state index contributed by atoms with van der Waals surface area (Å²) >= 11 is 3.37. The lowest BCUT2D eigenvalue weighted by molar-refractivity contribution is 0.0925. The third kappa shape index (κ3) is 3.45. The molecule has 0 fully saturated rings. The lowest BCUT2D eigenvalue weighted by atomic mass is 10.1. The number of H-pyrrole nitrogens is 2. The fraction of sp³-hybridized carbons (Fsp3) is 0. The zero-order valence-corrected chi connectivity index (χ0v) is 19.8. The molecule has 0 unspecified atom stereocenters. The van der Waals surface area contributed by atoms with Gasteiger partial charge < -0.3 is 10.3 Å². The maximum Gasteiger partial charge on any atom is 0.439 e. The number of halogens is 1. The number of fused-ring (bicyclic) bond motifs is 2. The second-order valence-electron chi connectivity index (χ2n) is 8.00. The second-order valence-corrected chi connectivity index (χ2v) is 8.92. The summed E-state index contributed by atoms with van der Waals surface area (Å²) in [6.45, 7) is 0. The Kier molecular flexibility index (Phi) is 4.93. The van der Waals surface area contributed by atoms with E-state index in [2.05, 4.69) is 40.9 Å². The van der Waals surface area contributed by atoms with Crippen LogP contribution in [0.25, 0.3) is 22.3 Å². The number of anilines is 2. The van der Waals surface area contributed by atoms with Crippen molar-refractivity contribution < 1.29 is 18.9 Å². The van der Waals surface area contributed by atoms with Crippen LogP contribution >= 0.6 is 15.9 Å². The largest absolute Gasteiger partial charge is 0.439 e. The van der Waals surface area contributed by atoms with Crippen LogP contribution in [0.3, 0.4) is 0 Å². The highest BCUT2D eigenvalue weighted by Crippen LogP contribution is 2.34. The lowest BCUT2D eigenvalue weighted by Gasteiger charge is -2.15. The summed E-state index contributed by atoms with van der Waals surface area (Å²) in [4.78, 5) is 57.2. The smallest absolute Gasteiger partial charge is 0.349 e. The molecule has 3 N–H and O–H groups in total. The zero-order valence-electron chi connectivity index (χ0n) is 18.2. The van der Waals surface area contributed by atoms with E-state index in [0.29, 0.717) is 43.4 Å². The first-order chi connectivity index (χ1) is 17.4. The van der Waals surface area contributed by atoms with Crippen LogP contribution in [0.4, 0.5) is 11.4 Å². The Morgan fingerprint density at radius 2 is 1.64 bits per heavy atom. The fourth-order valence-corrected chi connectivity index (χ4v) is 4.57. The van der Waals surface area contributed by atoms with Crippen LogP contribution in [0.15, 0.2) is 80.5 Å². The van der Waals surface area contributed by atoms with Gasteiger partial charge in [0, 0.05) is 15.4 Å². The number of aromatic amines is 2. The van der Waals surface area contributed by atoms with Gasteiger partial charge in [0.25, 0.3) is 17.7 Å². The number of nitrogens with one attached hydrogen (secondary N) is 3. The number of aromatic nitrogens is 3. The Morgan fingerprint density at radius 3 is 2.33 bits per heavy atom. The van der Waals surface area contributed by atoms with Gasteiger partial charge in [-0.15, -0.1) is 0 Å². The summed E-state index contributed by atoms with van der Waals surface area (Å²) in [6.07, 6.45) is 0. The third-order valence-corrected chi connectivity index (χ3v) is 6.33. The van der Waals surface area contributed by atoms with E-state index in [9.17, 15) is 19.2 Å². The summed E-state index contributed by atoms with van der Waals surface area (Å²) in [5.74, 6) is -1.90. The standard InChI is InChI=1S/C25H14BrN5O5/c26-13-8-9-17(16(11-13)21-29-25(35)36-30-21)28-22(32)18-10-12-4-3-7-19(20(12)27-18)31-23(33)14-5-1-2-6-15(14)24(31)34/h1-11,27H,(H,28,32)(H,29,30,35). The quantitative estimate of drug-likeness (QED) is 0.288. The average molecular weight is 544 g/mol. The minimum Gasteiger partial charge on any atom is -0.349 e. The van der Waals surface area contributed by atoms with Crippen LogP contribution in [0, 0.1) is 0 Å². The summed E-state index contributed by atoms with van der Waals surface area (Å²) in [6, 6.07) is 18.4. The molecule has 0 bridgehead atoms. The molecule has 0 aliphatic carbocycles. The van der Waals surface area contributed by atoms with E-state index in [4.69, 9.17) is 0 Å². The predicted octanol–water partition coefficient (Wildman–Crippen LogP) is 4.33. The van der Waals surface area contributed by atoms with Crippen LogP contribution in [0.2, 0.25) is 0 Å². The van der Waals surface area contributed by atoms with Gasteiger partial charge in [0.1, 0.15) is 5.69 Å². The van der Waals surface area contributed by atoms with Gasteiger partial charge in [0.2, 0.25) is 0 Å². The van der Waals surface area contributed by atoms with Crippen LogP contribution < -0.4 is 16.0 Å². The molecule has 2 aromatic heterocycles. The molecule has 3 amide bonds. The summed E-state index contributed by atoms with van der Waals surface area (Å²) < 4.78 is 5.30. The first-order valence-electron chi connectivity index (χ1n) is 10.7. The zero-order chi connectivity index (χ0) is 25.0. The average Bonchev–Trinajstić information content (AvgIpc) is 3.57. The number of carbonyl (C=O) groups is 3. The monoisotopic (exact) mass is 543 g/mol. The van der Waals surface area contributed by atoms with E-state index in [1.54, 1.807) is 66.7 Å². The maximum atomic E-state index is 13.2. The van der Waals surface area contributed by atoms with Crippen LogP contribution in [0.1, 0.15) is 31.2 Å². The van der Waals surface area contributed by atoms with Gasteiger partial charge >= 0.3 is 5.76 Å². The number of carbonyl (C=O) groups excluding carboxylic acids is 3. The molecule has 0 saturated carbocycles. The van der Waals surface area contributed by atoms with E-state index in [1.165, 1.54) is 0 Å². The normalized spacial score (nSPS) is 12.9. The third-order valence-electron chi connectivity index (χ3n) is 5.84. The van der Waals surface area contributed by atoms with Gasteiger partial charge in [-0.3, -0.25) is 23.9 Å². The van der Waals surface area contributed by atoms with Gasteiger partial charge in [-0.2, -0.15) is 0 Å². The highest BCUT2D eigenvalue weighted by molar-refractivity contribution is 9.10. The molecule has 6 rings (SSSR count). The molecule has 3 aromatic carbocycles.